The average Bonchev–Trinajstić information content (AvgIpc) is 3.01. The Labute approximate surface area is 118 Å². The summed E-state index contributed by atoms with van der Waals surface area (Å²) in [5.41, 5.74) is 0. The van der Waals surface area contributed by atoms with E-state index in [1.807, 2.05) is 0 Å². The van der Waals surface area contributed by atoms with Crippen molar-refractivity contribution >= 4 is 0 Å². The van der Waals surface area contributed by atoms with E-state index < -0.39 is 0 Å². The molecule has 3 heterocycles. The molecule has 0 radical (unpaired) electrons. The summed E-state index contributed by atoms with van der Waals surface area (Å²) in [6, 6.07) is 1.79. The highest BCUT2D eigenvalue weighted by molar-refractivity contribution is 4.99. The highest BCUT2D eigenvalue weighted by Crippen LogP contribution is 2.27. The molecule has 2 fully saturated rings. The molecule has 0 saturated carbocycles. The maximum atomic E-state index is 2.79. The topological polar surface area (TPSA) is 6.25 Å². The van der Waals surface area contributed by atoms with Crippen molar-refractivity contribution < 1.29 is 0 Å². The van der Waals surface area contributed by atoms with Gasteiger partial charge in [-0.25, -0.2) is 0 Å². The summed E-state index contributed by atoms with van der Waals surface area (Å²) in [7, 11) is 0. The molecule has 0 bridgehead atoms. The molecule has 0 N–H and O–H groups in total. The van der Waals surface area contributed by atoms with Crippen molar-refractivity contribution in [3.05, 3.63) is 12.3 Å². The van der Waals surface area contributed by atoms with Gasteiger partial charge in [0.25, 0.3) is 0 Å². The summed E-state index contributed by atoms with van der Waals surface area (Å²) in [6.45, 7) is 4.03. The van der Waals surface area contributed by atoms with E-state index in [9.17, 15) is 0 Å². The van der Waals surface area contributed by atoms with Gasteiger partial charge in [-0.05, 0) is 51.3 Å². The second-order valence-corrected chi connectivity index (χ2v) is 6.70. The monoisotopic (exact) mass is 262 g/mol. The number of allylic oxidation sites excluding steroid dienone is 1. The van der Waals surface area contributed by atoms with Crippen molar-refractivity contribution in [3.8, 4) is 0 Å². The summed E-state index contributed by atoms with van der Waals surface area (Å²) >= 11 is 0. The Hall–Kier alpha value is -0.500. The Balaban J connectivity index is 1.51. The first-order chi connectivity index (χ1) is 9.43. The largest absolute Gasteiger partial charge is 0.371 e. The van der Waals surface area contributed by atoms with Gasteiger partial charge in [-0.2, -0.15) is 0 Å². The third-order valence-electron chi connectivity index (χ3n) is 5.21. The summed E-state index contributed by atoms with van der Waals surface area (Å²) in [5.74, 6) is 0. The predicted molar refractivity (Wildman–Crippen MR) is 81.2 cm³/mol. The van der Waals surface area contributed by atoms with Crippen LogP contribution in [0.4, 0.5) is 0 Å². The lowest BCUT2D eigenvalue weighted by atomic mass is 10.0. The van der Waals surface area contributed by atoms with Gasteiger partial charge in [0, 0.05) is 25.2 Å². The minimum atomic E-state index is 0.864. The van der Waals surface area contributed by atoms with Crippen LogP contribution in [0.2, 0.25) is 0 Å². The molecule has 0 aromatic carbocycles. The first-order valence-electron chi connectivity index (χ1n) is 8.60. The Kier molecular flexibility index (Phi) is 4.81. The highest BCUT2D eigenvalue weighted by atomic mass is 15.3. The second-order valence-electron chi connectivity index (χ2n) is 6.70. The van der Waals surface area contributed by atoms with Crippen molar-refractivity contribution in [2.75, 3.05) is 19.6 Å². The Morgan fingerprint density at radius 1 is 0.737 bits per heavy atom. The zero-order valence-electron chi connectivity index (χ0n) is 12.4. The second kappa shape index (κ2) is 6.78. The predicted octanol–water partition coefficient (Wildman–Crippen LogP) is 3.78. The lowest BCUT2D eigenvalue weighted by molar-refractivity contribution is 0.233. The Morgan fingerprint density at radius 3 is 2.58 bits per heavy atom. The van der Waals surface area contributed by atoms with Crippen LogP contribution >= 0.6 is 0 Å². The lowest BCUT2D eigenvalue weighted by Crippen LogP contribution is -2.31. The van der Waals surface area contributed by atoms with Crippen molar-refractivity contribution in [2.24, 2.45) is 0 Å². The van der Waals surface area contributed by atoms with Gasteiger partial charge < -0.3 is 9.80 Å². The van der Waals surface area contributed by atoms with E-state index >= 15 is 0 Å². The number of fused-ring (bicyclic) bond motifs is 2. The standard InChI is InChI=1S/C17H30N2/c1-2-4-6-9-16-10-8-13-18(16)14-11-17-15-19(17)12-7-5-3-1/h7,12,16-17H,1-6,8-11,13-15H2/b12-7+. The van der Waals surface area contributed by atoms with Crippen LogP contribution in [0.15, 0.2) is 12.3 Å². The van der Waals surface area contributed by atoms with E-state index in [4.69, 9.17) is 0 Å². The summed E-state index contributed by atoms with van der Waals surface area (Å²) in [4.78, 5) is 5.32. The quantitative estimate of drug-likeness (QED) is 0.613. The molecule has 0 aromatic heterocycles. The molecule has 2 nitrogen and oxygen atoms in total. The lowest BCUT2D eigenvalue weighted by Gasteiger charge is -2.24. The number of hydrogen-bond donors (Lipinski definition) is 0. The number of hydrogen-bond acceptors (Lipinski definition) is 2. The van der Waals surface area contributed by atoms with Gasteiger partial charge in [-0.1, -0.05) is 31.8 Å². The first-order valence-corrected chi connectivity index (χ1v) is 8.60. The van der Waals surface area contributed by atoms with Crippen molar-refractivity contribution in [3.63, 3.8) is 0 Å². The fourth-order valence-corrected chi connectivity index (χ4v) is 3.85. The molecule has 0 aromatic rings. The summed E-state index contributed by atoms with van der Waals surface area (Å²) in [6.07, 6.45) is 19.0. The van der Waals surface area contributed by atoms with E-state index in [1.165, 1.54) is 83.8 Å². The number of nitrogens with zero attached hydrogens (tertiary/aromatic N) is 2. The van der Waals surface area contributed by atoms with Crippen molar-refractivity contribution in [1.82, 2.24) is 9.80 Å². The molecule has 108 valence electrons. The molecule has 2 unspecified atom stereocenters. The summed E-state index contributed by atoms with van der Waals surface area (Å²) < 4.78 is 0. The molecule has 3 rings (SSSR count). The molecular formula is C17H30N2. The van der Waals surface area contributed by atoms with Gasteiger partial charge in [0.05, 0.1) is 0 Å². The zero-order valence-corrected chi connectivity index (χ0v) is 12.4. The third-order valence-corrected chi connectivity index (χ3v) is 5.21. The Bertz CT molecular complexity index is 300. The van der Waals surface area contributed by atoms with Crippen LogP contribution in [-0.4, -0.2) is 41.5 Å². The minimum absolute atomic E-state index is 0.864. The van der Waals surface area contributed by atoms with E-state index in [-0.39, 0.29) is 0 Å². The van der Waals surface area contributed by atoms with Crippen molar-refractivity contribution in [1.29, 1.82) is 0 Å². The molecular weight excluding hydrogens is 232 g/mol. The van der Waals surface area contributed by atoms with Crippen LogP contribution in [0.1, 0.15) is 64.2 Å². The fourth-order valence-electron chi connectivity index (χ4n) is 3.85. The first kappa shape index (κ1) is 13.5. The smallest absolute Gasteiger partial charge is 0.0472 e. The van der Waals surface area contributed by atoms with E-state index in [0.29, 0.717) is 0 Å². The Morgan fingerprint density at radius 2 is 1.58 bits per heavy atom. The van der Waals surface area contributed by atoms with Crippen molar-refractivity contribution in [2.45, 2.75) is 76.3 Å². The maximum absolute atomic E-state index is 2.79. The SMILES string of the molecule is C1=C/N2CC2CCN2CCCC2CCCCCCC/1. The van der Waals surface area contributed by atoms with Gasteiger partial charge in [0.15, 0.2) is 0 Å². The van der Waals surface area contributed by atoms with Crippen LogP contribution in [0, 0.1) is 0 Å². The third kappa shape index (κ3) is 3.98. The van der Waals surface area contributed by atoms with Gasteiger partial charge >= 0.3 is 0 Å². The minimum Gasteiger partial charge on any atom is -0.371 e. The van der Waals surface area contributed by atoms with Gasteiger partial charge in [-0.15, -0.1) is 0 Å². The average molecular weight is 262 g/mol. The molecule has 0 amide bonds. The molecule has 3 aliphatic rings. The molecule has 3 aliphatic heterocycles. The van der Waals surface area contributed by atoms with Gasteiger partial charge in [-0.3, -0.25) is 0 Å². The molecule has 0 spiro atoms. The molecule has 0 aliphatic carbocycles. The number of rotatable bonds is 0. The van der Waals surface area contributed by atoms with Crippen LogP contribution in [-0.2, 0) is 0 Å². The van der Waals surface area contributed by atoms with Gasteiger partial charge in [0.2, 0.25) is 0 Å². The molecule has 2 atom stereocenters. The summed E-state index contributed by atoms with van der Waals surface area (Å²) in [5, 5.41) is 0. The van der Waals surface area contributed by atoms with E-state index in [1.54, 1.807) is 0 Å². The van der Waals surface area contributed by atoms with Crippen LogP contribution in [0.5, 0.6) is 0 Å². The van der Waals surface area contributed by atoms with Crippen LogP contribution < -0.4 is 0 Å². The van der Waals surface area contributed by atoms with Gasteiger partial charge in [0.1, 0.15) is 0 Å². The zero-order chi connectivity index (χ0) is 12.9. The van der Waals surface area contributed by atoms with Crippen LogP contribution in [0.25, 0.3) is 0 Å². The molecule has 2 heteroatoms. The molecule has 19 heavy (non-hydrogen) atoms. The fraction of sp³-hybridized carbons (Fsp3) is 0.882. The van der Waals surface area contributed by atoms with E-state index in [2.05, 4.69) is 22.1 Å². The van der Waals surface area contributed by atoms with E-state index in [0.717, 1.165) is 12.1 Å². The maximum Gasteiger partial charge on any atom is 0.0472 e. The normalized spacial score (nSPS) is 35.9. The van der Waals surface area contributed by atoms with Crippen LogP contribution in [0.3, 0.4) is 0 Å². The highest BCUT2D eigenvalue weighted by Gasteiger charge is 2.32. The molecule has 2 saturated heterocycles.